The molecule has 1 aliphatic rings. The van der Waals surface area contributed by atoms with Crippen LogP contribution in [0.4, 0.5) is 5.69 Å². The van der Waals surface area contributed by atoms with E-state index in [1.165, 1.54) is 12.0 Å². The number of aliphatic imine (C=N–C) groups is 1. The maximum absolute atomic E-state index is 6.03. The first-order valence-electron chi connectivity index (χ1n) is 6.31. The highest BCUT2D eigenvalue weighted by molar-refractivity contribution is 6.30. The Hall–Kier alpha value is -1.28. The van der Waals surface area contributed by atoms with Gasteiger partial charge in [-0.3, -0.25) is 0 Å². The average molecular weight is 263 g/mol. The summed E-state index contributed by atoms with van der Waals surface area (Å²) < 4.78 is 0. The number of rotatable bonds is 2. The van der Waals surface area contributed by atoms with E-state index in [-0.39, 0.29) is 0 Å². The van der Waals surface area contributed by atoms with Gasteiger partial charge in [-0.15, -0.1) is 0 Å². The fraction of sp³-hybridized carbons (Fsp3) is 0.400. The molecule has 0 atom stereocenters. The van der Waals surface area contributed by atoms with Crippen molar-refractivity contribution in [1.29, 1.82) is 0 Å². The summed E-state index contributed by atoms with van der Waals surface area (Å²) in [6.07, 6.45) is 4.38. The lowest BCUT2D eigenvalue weighted by Crippen LogP contribution is -2.18. The van der Waals surface area contributed by atoms with Gasteiger partial charge in [-0.2, -0.15) is 0 Å². The van der Waals surface area contributed by atoms with Gasteiger partial charge in [-0.1, -0.05) is 23.2 Å². The van der Waals surface area contributed by atoms with Gasteiger partial charge in [-0.25, -0.2) is 4.99 Å². The monoisotopic (exact) mass is 262 g/mol. The molecule has 2 nitrogen and oxygen atoms in total. The van der Waals surface area contributed by atoms with Crippen LogP contribution in [-0.2, 0) is 0 Å². The minimum absolute atomic E-state index is 0.742. The smallest absolute Gasteiger partial charge is 0.109 e. The van der Waals surface area contributed by atoms with Crippen molar-refractivity contribution in [2.45, 2.75) is 33.6 Å². The molecule has 3 heteroatoms. The number of nitrogens with zero attached hydrogens (tertiary/aromatic N) is 2. The molecule has 0 radical (unpaired) electrons. The summed E-state index contributed by atoms with van der Waals surface area (Å²) in [5.74, 6) is 1.14. The van der Waals surface area contributed by atoms with Gasteiger partial charge in [0.2, 0.25) is 0 Å². The molecule has 18 heavy (non-hydrogen) atoms. The molecule has 0 unspecified atom stereocenters. The zero-order chi connectivity index (χ0) is 13.1. The molecule has 1 aromatic carbocycles. The summed E-state index contributed by atoms with van der Waals surface area (Å²) >= 11 is 6.03. The van der Waals surface area contributed by atoms with Crippen molar-refractivity contribution in [2.24, 2.45) is 4.99 Å². The van der Waals surface area contributed by atoms with E-state index in [1.807, 2.05) is 18.2 Å². The van der Waals surface area contributed by atoms with Gasteiger partial charge < -0.3 is 4.90 Å². The van der Waals surface area contributed by atoms with Crippen LogP contribution in [0.1, 0.15) is 32.3 Å². The molecule has 0 aliphatic carbocycles. The van der Waals surface area contributed by atoms with Gasteiger partial charge in [0, 0.05) is 24.2 Å². The molecular weight excluding hydrogens is 244 g/mol. The molecule has 0 saturated carbocycles. The molecule has 2 rings (SSSR count). The van der Waals surface area contributed by atoms with E-state index in [0.29, 0.717) is 0 Å². The van der Waals surface area contributed by atoms with E-state index in [0.717, 1.165) is 35.1 Å². The normalized spacial score (nSPS) is 17.3. The number of allylic oxidation sites excluding steroid dienone is 1. The summed E-state index contributed by atoms with van der Waals surface area (Å²) in [6.45, 7) is 7.35. The lowest BCUT2D eigenvalue weighted by Gasteiger charge is -2.14. The average Bonchev–Trinajstić information content (AvgIpc) is 2.70. The number of halogens is 1. The van der Waals surface area contributed by atoms with Crippen LogP contribution in [0.25, 0.3) is 0 Å². The van der Waals surface area contributed by atoms with Crippen molar-refractivity contribution in [3.63, 3.8) is 0 Å². The number of hydrogen-bond donors (Lipinski definition) is 0. The van der Waals surface area contributed by atoms with Gasteiger partial charge in [0.25, 0.3) is 0 Å². The Morgan fingerprint density at radius 3 is 2.89 bits per heavy atom. The van der Waals surface area contributed by atoms with E-state index >= 15 is 0 Å². The van der Waals surface area contributed by atoms with E-state index in [1.54, 1.807) is 0 Å². The third-order valence-electron chi connectivity index (χ3n) is 2.97. The van der Waals surface area contributed by atoms with E-state index < -0.39 is 0 Å². The second kappa shape index (κ2) is 5.57. The van der Waals surface area contributed by atoms with Crippen molar-refractivity contribution >= 4 is 23.1 Å². The maximum Gasteiger partial charge on any atom is 0.109 e. The summed E-state index contributed by atoms with van der Waals surface area (Å²) in [7, 11) is 0. The van der Waals surface area contributed by atoms with Crippen LogP contribution >= 0.6 is 11.6 Å². The van der Waals surface area contributed by atoms with Crippen LogP contribution in [0.5, 0.6) is 0 Å². The Morgan fingerprint density at radius 1 is 1.39 bits per heavy atom. The predicted molar refractivity (Wildman–Crippen MR) is 78.7 cm³/mol. The fourth-order valence-electron chi connectivity index (χ4n) is 2.09. The third kappa shape index (κ3) is 3.14. The zero-order valence-corrected chi connectivity index (χ0v) is 12.0. The Morgan fingerprint density at radius 2 is 2.17 bits per heavy atom. The Balaban J connectivity index is 2.32. The van der Waals surface area contributed by atoms with Crippen molar-refractivity contribution in [1.82, 2.24) is 4.90 Å². The summed E-state index contributed by atoms with van der Waals surface area (Å²) in [4.78, 5) is 7.01. The van der Waals surface area contributed by atoms with Crippen LogP contribution in [0, 0.1) is 6.92 Å². The minimum atomic E-state index is 0.742. The van der Waals surface area contributed by atoms with Crippen molar-refractivity contribution in [3.05, 3.63) is 40.6 Å². The summed E-state index contributed by atoms with van der Waals surface area (Å²) in [5, 5.41) is 0.742. The Kier molecular flexibility index (Phi) is 4.07. The molecule has 1 aromatic rings. The van der Waals surface area contributed by atoms with E-state index in [4.69, 9.17) is 16.6 Å². The number of aryl methyl sites for hydroxylation is 1. The Bertz CT molecular complexity index is 499. The second-order valence-electron chi connectivity index (χ2n) is 4.96. The molecule has 0 N–H and O–H groups in total. The minimum Gasteiger partial charge on any atom is -0.337 e. The number of hydrogen-bond acceptors (Lipinski definition) is 1. The third-order valence-corrected chi connectivity index (χ3v) is 3.20. The molecule has 96 valence electrons. The van der Waals surface area contributed by atoms with Crippen molar-refractivity contribution in [2.75, 3.05) is 6.54 Å². The first-order chi connectivity index (χ1) is 8.56. The summed E-state index contributed by atoms with van der Waals surface area (Å²) in [6, 6.07) is 5.86. The molecule has 0 bridgehead atoms. The van der Waals surface area contributed by atoms with Crippen LogP contribution in [0.2, 0.25) is 5.02 Å². The van der Waals surface area contributed by atoms with Crippen LogP contribution in [0.15, 0.2) is 35.0 Å². The molecule has 0 aromatic heterocycles. The first kappa shape index (κ1) is 13.2. The molecule has 1 aliphatic heterocycles. The molecule has 1 heterocycles. The largest absolute Gasteiger partial charge is 0.337 e. The van der Waals surface area contributed by atoms with Crippen molar-refractivity contribution in [3.8, 4) is 0 Å². The number of likely N-dealkylation sites (tertiary alicyclic amines) is 1. The molecule has 0 amide bonds. The van der Waals surface area contributed by atoms with Crippen LogP contribution in [0.3, 0.4) is 0 Å². The van der Waals surface area contributed by atoms with Crippen molar-refractivity contribution < 1.29 is 0 Å². The van der Waals surface area contributed by atoms with E-state index in [2.05, 4.69) is 31.9 Å². The van der Waals surface area contributed by atoms with Gasteiger partial charge in [-0.05, 0) is 44.9 Å². The molecule has 1 saturated heterocycles. The van der Waals surface area contributed by atoms with Crippen LogP contribution < -0.4 is 0 Å². The van der Waals surface area contributed by atoms with Crippen LogP contribution in [-0.4, -0.2) is 17.3 Å². The Labute approximate surface area is 114 Å². The number of benzene rings is 1. The highest BCUT2D eigenvalue weighted by Crippen LogP contribution is 2.25. The molecule has 0 spiro atoms. The van der Waals surface area contributed by atoms with Gasteiger partial charge >= 0.3 is 0 Å². The maximum atomic E-state index is 6.03. The fourth-order valence-corrected chi connectivity index (χ4v) is 2.26. The molecule has 1 fully saturated rings. The van der Waals surface area contributed by atoms with Gasteiger partial charge in [0.1, 0.15) is 5.84 Å². The highest BCUT2D eigenvalue weighted by atomic mass is 35.5. The SMILES string of the molecule is CC(C)=CN1CCCC1=Nc1cc(Cl)ccc1C. The number of amidine groups is 1. The topological polar surface area (TPSA) is 15.6 Å². The lowest BCUT2D eigenvalue weighted by atomic mass is 10.2. The van der Waals surface area contributed by atoms with E-state index in [9.17, 15) is 0 Å². The predicted octanol–water partition coefficient (Wildman–Crippen LogP) is 4.70. The highest BCUT2D eigenvalue weighted by Gasteiger charge is 2.16. The molecular formula is C15H19ClN2. The lowest BCUT2D eigenvalue weighted by molar-refractivity contribution is 0.598. The zero-order valence-electron chi connectivity index (χ0n) is 11.2. The summed E-state index contributed by atoms with van der Waals surface area (Å²) in [5.41, 5.74) is 3.44. The first-order valence-corrected chi connectivity index (χ1v) is 6.69. The second-order valence-corrected chi connectivity index (χ2v) is 5.40. The standard InChI is InChI=1S/C15H19ClN2/c1-11(2)10-18-8-4-5-15(18)17-14-9-13(16)7-6-12(14)3/h6-7,9-10H,4-5,8H2,1-3H3. The van der Waals surface area contributed by atoms with Gasteiger partial charge in [0.15, 0.2) is 0 Å². The quantitative estimate of drug-likeness (QED) is 0.754. The van der Waals surface area contributed by atoms with Gasteiger partial charge in [0.05, 0.1) is 5.69 Å².